The lowest BCUT2D eigenvalue weighted by molar-refractivity contribution is 0.408. The first-order chi connectivity index (χ1) is 8.08. The average molecular weight is 269 g/mol. The summed E-state index contributed by atoms with van der Waals surface area (Å²) in [6.07, 6.45) is 0. The van der Waals surface area contributed by atoms with Gasteiger partial charge in [0.25, 0.3) is 0 Å². The maximum absolute atomic E-state index is 9.58. The number of phenolic OH excluding ortho intramolecular Hbond substituents is 1. The largest absolute Gasteiger partial charge is 0.508 e. The van der Waals surface area contributed by atoms with Crippen molar-refractivity contribution >= 4 is 23.2 Å². The molecule has 2 rings (SSSR count). The third-order valence-electron chi connectivity index (χ3n) is 2.32. The summed E-state index contributed by atoms with van der Waals surface area (Å²) >= 11 is 11.9. The van der Waals surface area contributed by atoms with Crippen LogP contribution in [0, 0.1) is 0 Å². The predicted molar refractivity (Wildman–Crippen MR) is 70.1 cm³/mol. The lowest BCUT2D eigenvalue weighted by atomic mass is 10.1. The van der Waals surface area contributed by atoms with E-state index in [4.69, 9.17) is 27.9 Å². The highest BCUT2D eigenvalue weighted by Crippen LogP contribution is 2.32. The molecule has 1 N–H and O–H groups in total. The van der Waals surface area contributed by atoms with Crippen molar-refractivity contribution in [3.05, 3.63) is 46.4 Å². The van der Waals surface area contributed by atoms with E-state index < -0.39 is 0 Å². The van der Waals surface area contributed by atoms with Crippen molar-refractivity contribution in [3.63, 3.8) is 0 Å². The molecule has 0 aromatic heterocycles. The normalized spacial score (nSPS) is 10.3. The number of hydrogen-bond acceptors (Lipinski definition) is 2. The minimum atomic E-state index is 0.135. The molecule has 0 radical (unpaired) electrons. The van der Waals surface area contributed by atoms with Crippen molar-refractivity contribution in [3.8, 4) is 22.6 Å². The molecule has 0 amide bonds. The third kappa shape index (κ3) is 2.84. The van der Waals surface area contributed by atoms with E-state index >= 15 is 0 Å². The first-order valence-electron chi connectivity index (χ1n) is 4.93. The minimum absolute atomic E-state index is 0.135. The number of methoxy groups -OCH3 is 1. The zero-order chi connectivity index (χ0) is 12.4. The molecule has 0 unspecified atom stereocenters. The number of rotatable bonds is 2. The molecule has 2 aromatic carbocycles. The van der Waals surface area contributed by atoms with Crippen molar-refractivity contribution < 1.29 is 9.84 Å². The van der Waals surface area contributed by atoms with Crippen LogP contribution >= 0.6 is 23.2 Å². The lowest BCUT2D eigenvalue weighted by Crippen LogP contribution is -1.85. The minimum Gasteiger partial charge on any atom is -0.508 e. The second-order valence-corrected chi connectivity index (χ2v) is 4.45. The first kappa shape index (κ1) is 12.1. The summed E-state index contributed by atoms with van der Waals surface area (Å²) in [7, 11) is 1.55. The summed E-state index contributed by atoms with van der Waals surface area (Å²) in [4.78, 5) is 0. The number of phenols is 1. The maximum atomic E-state index is 9.58. The average Bonchev–Trinajstić information content (AvgIpc) is 2.26. The summed E-state index contributed by atoms with van der Waals surface area (Å²) in [5.41, 5.74) is 1.63. The molecular weight excluding hydrogens is 259 g/mol. The highest BCUT2D eigenvalue weighted by Gasteiger charge is 2.05. The van der Waals surface area contributed by atoms with Crippen molar-refractivity contribution in [1.82, 2.24) is 0 Å². The molecule has 2 aromatic rings. The van der Waals surface area contributed by atoms with Crippen LogP contribution in [0.2, 0.25) is 10.0 Å². The molecule has 4 heteroatoms. The molecule has 88 valence electrons. The van der Waals surface area contributed by atoms with Gasteiger partial charge in [0.15, 0.2) is 0 Å². The van der Waals surface area contributed by atoms with Crippen LogP contribution in [0.5, 0.6) is 11.5 Å². The summed E-state index contributed by atoms with van der Waals surface area (Å²) in [5, 5.41) is 10.7. The second-order valence-electron chi connectivity index (χ2n) is 3.58. The van der Waals surface area contributed by atoms with Gasteiger partial charge in [0.1, 0.15) is 11.5 Å². The Hall–Kier alpha value is -1.38. The highest BCUT2D eigenvalue weighted by atomic mass is 35.5. The van der Waals surface area contributed by atoms with Crippen molar-refractivity contribution in [2.24, 2.45) is 0 Å². The zero-order valence-electron chi connectivity index (χ0n) is 9.08. The van der Waals surface area contributed by atoms with Gasteiger partial charge < -0.3 is 9.84 Å². The smallest absolute Gasteiger partial charge is 0.123 e. The molecule has 0 atom stereocenters. The van der Waals surface area contributed by atoms with Crippen LogP contribution < -0.4 is 4.74 Å². The number of aromatic hydroxyl groups is 1. The van der Waals surface area contributed by atoms with Crippen LogP contribution in [0.3, 0.4) is 0 Å². The van der Waals surface area contributed by atoms with Gasteiger partial charge in [0.05, 0.1) is 7.11 Å². The van der Waals surface area contributed by atoms with Crippen LogP contribution in [0.1, 0.15) is 0 Å². The fourth-order valence-corrected chi connectivity index (χ4v) is 2.11. The van der Waals surface area contributed by atoms with E-state index in [1.54, 1.807) is 31.4 Å². The number of ether oxygens (including phenoxy) is 1. The molecule has 0 bridgehead atoms. The Morgan fingerprint density at radius 1 is 0.882 bits per heavy atom. The lowest BCUT2D eigenvalue weighted by Gasteiger charge is -2.07. The van der Waals surface area contributed by atoms with Crippen LogP contribution in [0.4, 0.5) is 0 Å². The standard InChI is InChI=1S/C13H10Cl2O2/c1-17-13-5-9(4-12(16)7-13)8-2-10(14)6-11(15)3-8/h2-7,16H,1H3. The van der Waals surface area contributed by atoms with Crippen molar-refractivity contribution in [2.75, 3.05) is 7.11 Å². The fourth-order valence-electron chi connectivity index (χ4n) is 1.59. The third-order valence-corrected chi connectivity index (χ3v) is 2.76. The number of benzene rings is 2. The summed E-state index contributed by atoms with van der Waals surface area (Å²) < 4.78 is 5.09. The summed E-state index contributed by atoms with van der Waals surface area (Å²) in [6.45, 7) is 0. The molecule has 0 spiro atoms. The van der Waals surface area contributed by atoms with Gasteiger partial charge in [-0.3, -0.25) is 0 Å². The van der Waals surface area contributed by atoms with Crippen LogP contribution in [0.25, 0.3) is 11.1 Å². The van der Waals surface area contributed by atoms with Gasteiger partial charge in [0, 0.05) is 16.1 Å². The summed E-state index contributed by atoms with van der Waals surface area (Å²) in [6, 6.07) is 10.2. The Balaban J connectivity index is 2.55. The van der Waals surface area contributed by atoms with E-state index in [-0.39, 0.29) is 5.75 Å². The molecule has 0 heterocycles. The predicted octanol–water partition coefficient (Wildman–Crippen LogP) is 4.37. The number of halogens is 2. The van der Waals surface area contributed by atoms with Crippen molar-refractivity contribution in [2.45, 2.75) is 0 Å². The Bertz CT molecular complexity index is 533. The zero-order valence-corrected chi connectivity index (χ0v) is 10.6. The molecule has 0 saturated heterocycles. The second kappa shape index (κ2) is 4.86. The Labute approximate surface area is 109 Å². The number of hydrogen-bond donors (Lipinski definition) is 1. The van der Waals surface area contributed by atoms with E-state index in [0.717, 1.165) is 11.1 Å². The van der Waals surface area contributed by atoms with Crippen LogP contribution in [-0.2, 0) is 0 Å². The molecular formula is C13H10Cl2O2. The van der Waals surface area contributed by atoms with Gasteiger partial charge in [-0.1, -0.05) is 23.2 Å². The van der Waals surface area contributed by atoms with Crippen molar-refractivity contribution in [1.29, 1.82) is 0 Å². The Kier molecular flexibility index (Phi) is 3.46. The quantitative estimate of drug-likeness (QED) is 0.876. The van der Waals surface area contributed by atoms with Crippen LogP contribution in [-0.4, -0.2) is 12.2 Å². The molecule has 0 fully saturated rings. The van der Waals surface area contributed by atoms with Gasteiger partial charge in [-0.05, 0) is 41.5 Å². The SMILES string of the molecule is COc1cc(O)cc(-c2cc(Cl)cc(Cl)c2)c1. The highest BCUT2D eigenvalue weighted by molar-refractivity contribution is 6.35. The monoisotopic (exact) mass is 268 g/mol. The molecule has 0 saturated carbocycles. The first-order valence-corrected chi connectivity index (χ1v) is 5.68. The molecule has 0 aliphatic heterocycles. The van der Waals surface area contributed by atoms with E-state index in [1.807, 2.05) is 6.07 Å². The fraction of sp³-hybridized carbons (Fsp3) is 0.0769. The topological polar surface area (TPSA) is 29.5 Å². The van der Waals surface area contributed by atoms with Gasteiger partial charge >= 0.3 is 0 Å². The Morgan fingerprint density at radius 3 is 2.06 bits per heavy atom. The van der Waals surface area contributed by atoms with Gasteiger partial charge in [-0.15, -0.1) is 0 Å². The summed E-state index contributed by atoms with van der Waals surface area (Å²) in [5.74, 6) is 0.714. The maximum Gasteiger partial charge on any atom is 0.123 e. The molecule has 0 aliphatic rings. The van der Waals surface area contributed by atoms with Gasteiger partial charge in [-0.25, -0.2) is 0 Å². The van der Waals surface area contributed by atoms with Gasteiger partial charge in [-0.2, -0.15) is 0 Å². The molecule has 0 aliphatic carbocycles. The van der Waals surface area contributed by atoms with E-state index in [2.05, 4.69) is 0 Å². The Morgan fingerprint density at radius 2 is 1.47 bits per heavy atom. The van der Waals surface area contributed by atoms with E-state index in [0.29, 0.717) is 15.8 Å². The van der Waals surface area contributed by atoms with E-state index in [1.165, 1.54) is 6.07 Å². The van der Waals surface area contributed by atoms with Gasteiger partial charge in [0.2, 0.25) is 0 Å². The molecule has 17 heavy (non-hydrogen) atoms. The molecule has 2 nitrogen and oxygen atoms in total. The van der Waals surface area contributed by atoms with Crippen LogP contribution in [0.15, 0.2) is 36.4 Å². The van der Waals surface area contributed by atoms with E-state index in [9.17, 15) is 5.11 Å².